The molecule has 7 nitrogen and oxygen atoms in total. The molecule has 2 aliphatic heterocycles. The summed E-state index contributed by atoms with van der Waals surface area (Å²) in [4.78, 5) is 50.6. The number of anilines is 2. The molecule has 0 spiro atoms. The number of amides is 4. The number of piperidine rings is 1. The number of fused-ring (bicyclic) bond motifs is 1. The lowest BCUT2D eigenvalue weighted by Crippen LogP contribution is -2.54. The second kappa shape index (κ2) is 7.50. The molecule has 0 saturated carbocycles. The number of carbonyl (C=O) groups is 4. The van der Waals surface area contributed by atoms with E-state index in [0.717, 1.165) is 23.4 Å². The number of benzene rings is 2. The van der Waals surface area contributed by atoms with Gasteiger partial charge in [0.25, 0.3) is 11.8 Å². The number of carbonyl (C=O) groups excluding carboxylic acids is 4. The number of hydrogen-bond donors (Lipinski definition) is 2. The topological polar surface area (TPSA) is 95.6 Å². The first kappa shape index (κ1) is 18.9. The van der Waals surface area contributed by atoms with Gasteiger partial charge in [0.05, 0.1) is 16.8 Å². The Morgan fingerprint density at radius 2 is 1.86 bits per heavy atom. The van der Waals surface area contributed by atoms with Crippen LogP contribution in [0.25, 0.3) is 0 Å². The lowest BCUT2D eigenvalue weighted by molar-refractivity contribution is -0.136. The van der Waals surface area contributed by atoms with E-state index in [1.165, 1.54) is 5.56 Å². The highest BCUT2D eigenvalue weighted by Gasteiger charge is 2.45. The number of aryl methyl sites for hydroxylation is 1. The predicted octanol–water partition coefficient (Wildman–Crippen LogP) is 2.78. The fraction of sp³-hybridized carbons (Fsp3) is 0.273. The first-order chi connectivity index (χ1) is 14.0. The van der Waals surface area contributed by atoms with Gasteiger partial charge in [0.1, 0.15) is 6.04 Å². The summed E-state index contributed by atoms with van der Waals surface area (Å²) in [6.07, 6.45) is 2.21. The maximum Gasteiger partial charge on any atom is 0.264 e. The third kappa shape index (κ3) is 3.40. The Morgan fingerprint density at radius 1 is 1.07 bits per heavy atom. The Balaban J connectivity index is 1.65. The Bertz CT molecular complexity index is 1030. The predicted molar refractivity (Wildman–Crippen MR) is 107 cm³/mol. The quantitative estimate of drug-likeness (QED) is 0.764. The molecule has 0 aromatic heterocycles. The van der Waals surface area contributed by atoms with Crippen molar-refractivity contribution in [2.45, 2.75) is 38.6 Å². The van der Waals surface area contributed by atoms with E-state index in [0.29, 0.717) is 5.69 Å². The molecule has 1 saturated heterocycles. The smallest absolute Gasteiger partial charge is 0.264 e. The van der Waals surface area contributed by atoms with Crippen molar-refractivity contribution in [2.24, 2.45) is 0 Å². The number of rotatable bonds is 5. The first-order valence-electron chi connectivity index (χ1n) is 9.70. The van der Waals surface area contributed by atoms with Gasteiger partial charge in [-0.3, -0.25) is 29.4 Å². The largest absolute Gasteiger partial charge is 0.355 e. The normalized spacial score (nSPS) is 18.7. The van der Waals surface area contributed by atoms with E-state index in [1.54, 1.807) is 18.2 Å². The zero-order valence-electron chi connectivity index (χ0n) is 16.0. The van der Waals surface area contributed by atoms with Crippen LogP contribution in [0.3, 0.4) is 0 Å². The monoisotopic (exact) mass is 391 g/mol. The van der Waals surface area contributed by atoms with Crippen molar-refractivity contribution in [3.63, 3.8) is 0 Å². The highest BCUT2D eigenvalue weighted by molar-refractivity contribution is 6.25. The molecule has 2 aromatic rings. The van der Waals surface area contributed by atoms with Crippen molar-refractivity contribution >= 4 is 35.0 Å². The van der Waals surface area contributed by atoms with Crippen molar-refractivity contribution in [3.05, 3.63) is 59.2 Å². The lowest BCUT2D eigenvalue weighted by Gasteiger charge is -2.27. The molecule has 29 heavy (non-hydrogen) atoms. The minimum Gasteiger partial charge on any atom is -0.355 e. The summed E-state index contributed by atoms with van der Waals surface area (Å²) in [7, 11) is 0. The fourth-order valence-corrected chi connectivity index (χ4v) is 3.87. The maximum absolute atomic E-state index is 13.1. The molecule has 2 aliphatic rings. The van der Waals surface area contributed by atoms with Crippen LogP contribution in [-0.2, 0) is 16.0 Å². The summed E-state index contributed by atoms with van der Waals surface area (Å²) in [6, 6.07) is 12.0. The minimum atomic E-state index is -0.971. The average Bonchev–Trinajstić information content (AvgIpc) is 2.94. The molecule has 1 fully saturated rings. The van der Waals surface area contributed by atoms with Crippen LogP contribution in [0.5, 0.6) is 0 Å². The van der Waals surface area contributed by atoms with E-state index in [1.807, 2.05) is 24.3 Å². The second-order valence-electron chi connectivity index (χ2n) is 7.25. The molecule has 0 radical (unpaired) electrons. The fourth-order valence-electron chi connectivity index (χ4n) is 3.87. The summed E-state index contributed by atoms with van der Waals surface area (Å²) >= 11 is 0. The molecule has 0 aliphatic carbocycles. The van der Waals surface area contributed by atoms with Crippen molar-refractivity contribution < 1.29 is 19.2 Å². The summed E-state index contributed by atoms with van der Waals surface area (Å²) in [6.45, 7) is 2.11. The molecular weight excluding hydrogens is 370 g/mol. The molecule has 148 valence electrons. The zero-order valence-corrected chi connectivity index (χ0v) is 16.0. The third-order valence-electron chi connectivity index (χ3n) is 5.21. The molecule has 4 rings (SSSR count). The SMILES string of the molecule is CCCc1cccc(Nc2cccc3c2C(=O)N(C2CCC(=O)NC2=O)C3=O)c1. The van der Waals surface area contributed by atoms with Crippen LogP contribution in [0.4, 0.5) is 11.4 Å². The Hall–Kier alpha value is -3.48. The molecule has 0 bridgehead atoms. The van der Waals surface area contributed by atoms with Crippen molar-refractivity contribution in [2.75, 3.05) is 5.32 Å². The van der Waals surface area contributed by atoms with Crippen LogP contribution >= 0.6 is 0 Å². The second-order valence-corrected chi connectivity index (χ2v) is 7.25. The van der Waals surface area contributed by atoms with Gasteiger partial charge in [-0.05, 0) is 42.7 Å². The molecule has 1 unspecified atom stereocenters. The standard InChI is InChI=1S/C22H21N3O4/c1-2-5-13-6-3-7-14(12-13)23-16-9-4-8-15-19(16)22(29)25(21(15)28)17-10-11-18(26)24-20(17)27/h3-4,6-9,12,17,23H,2,5,10-11H2,1H3,(H,24,26,27). The van der Waals surface area contributed by atoms with E-state index in [-0.39, 0.29) is 24.0 Å². The first-order valence-corrected chi connectivity index (χ1v) is 9.70. The summed E-state index contributed by atoms with van der Waals surface area (Å²) in [5.74, 6) is -2.04. The lowest BCUT2D eigenvalue weighted by atomic mass is 10.0. The third-order valence-corrected chi connectivity index (χ3v) is 5.21. The highest BCUT2D eigenvalue weighted by Crippen LogP contribution is 2.33. The van der Waals surface area contributed by atoms with Gasteiger partial charge in [-0.1, -0.05) is 31.5 Å². The van der Waals surface area contributed by atoms with Crippen molar-refractivity contribution in [1.82, 2.24) is 10.2 Å². The summed E-state index contributed by atoms with van der Waals surface area (Å²) < 4.78 is 0. The van der Waals surface area contributed by atoms with Gasteiger partial charge in [0.15, 0.2) is 0 Å². The molecular formula is C22H21N3O4. The molecule has 2 heterocycles. The Kier molecular flexibility index (Phi) is 4.88. The van der Waals surface area contributed by atoms with E-state index in [9.17, 15) is 19.2 Å². The van der Waals surface area contributed by atoms with E-state index >= 15 is 0 Å². The van der Waals surface area contributed by atoms with Gasteiger partial charge < -0.3 is 5.32 Å². The Morgan fingerprint density at radius 3 is 2.62 bits per heavy atom. The van der Waals surface area contributed by atoms with E-state index < -0.39 is 29.7 Å². The number of nitrogens with zero attached hydrogens (tertiary/aromatic N) is 1. The van der Waals surface area contributed by atoms with E-state index in [4.69, 9.17) is 0 Å². The molecule has 7 heteroatoms. The minimum absolute atomic E-state index is 0.0964. The van der Waals surface area contributed by atoms with Gasteiger partial charge in [-0.2, -0.15) is 0 Å². The van der Waals surface area contributed by atoms with Crippen molar-refractivity contribution in [3.8, 4) is 0 Å². The van der Waals surface area contributed by atoms with Gasteiger partial charge in [-0.25, -0.2) is 0 Å². The maximum atomic E-state index is 13.1. The number of hydrogen-bond acceptors (Lipinski definition) is 5. The average molecular weight is 391 g/mol. The van der Waals surface area contributed by atoms with Crippen LogP contribution in [0.2, 0.25) is 0 Å². The molecule has 2 aromatic carbocycles. The van der Waals surface area contributed by atoms with Crippen LogP contribution in [0, 0.1) is 0 Å². The summed E-state index contributed by atoms with van der Waals surface area (Å²) in [5, 5.41) is 5.45. The van der Waals surface area contributed by atoms with Gasteiger partial charge in [-0.15, -0.1) is 0 Å². The van der Waals surface area contributed by atoms with Crippen LogP contribution in [0.1, 0.15) is 52.5 Å². The van der Waals surface area contributed by atoms with Crippen molar-refractivity contribution in [1.29, 1.82) is 0 Å². The molecule has 2 N–H and O–H groups in total. The summed E-state index contributed by atoms with van der Waals surface area (Å²) in [5.41, 5.74) is 3.03. The molecule has 4 amide bonds. The molecule has 1 atom stereocenters. The zero-order chi connectivity index (χ0) is 20.5. The van der Waals surface area contributed by atoms with Gasteiger partial charge >= 0.3 is 0 Å². The van der Waals surface area contributed by atoms with E-state index in [2.05, 4.69) is 17.6 Å². The van der Waals surface area contributed by atoms with Gasteiger partial charge in [0, 0.05) is 12.1 Å². The van der Waals surface area contributed by atoms with Crippen LogP contribution in [-0.4, -0.2) is 34.6 Å². The highest BCUT2D eigenvalue weighted by atomic mass is 16.2. The number of imide groups is 2. The Labute approximate surface area is 168 Å². The van der Waals surface area contributed by atoms with Gasteiger partial charge in [0.2, 0.25) is 11.8 Å². The number of nitrogens with one attached hydrogen (secondary N) is 2. The van der Waals surface area contributed by atoms with Crippen LogP contribution < -0.4 is 10.6 Å². The van der Waals surface area contributed by atoms with Crippen LogP contribution in [0.15, 0.2) is 42.5 Å².